The summed E-state index contributed by atoms with van der Waals surface area (Å²) in [5, 5.41) is 2.71. The molecule has 1 heterocycles. The van der Waals surface area contributed by atoms with Crippen LogP contribution in [-0.4, -0.2) is 36.3 Å². The van der Waals surface area contributed by atoms with Gasteiger partial charge in [0.15, 0.2) is 0 Å². The Morgan fingerprint density at radius 2 is 1.82 bits per heavy atom. The first-order valence-electron chi connectivity index (χ1n) is 7.94. The number of likely N-dealkylation sites (tertiary alicyclic amines) is 1. The van der Waals surface area contributed by atoms with Crippen LogP contribution < -0.4 is 5.32 Å². The van der Waals surface area contributed by atoms with Gasteiger partial charge in [0.1, 0.15) is 5.82 Å². The van der Waals surface area contributed by atoms with Gasteiger partial charge in [-0.05, 0) is 38.2 Å². The van der Waals surface area contributed by atoms with Crippen molar-refractivity contribution in [2.45, 2.75) is 37.5 Å². The molecule has 0 bridgehead atoms. The molecule has 2 aliphatic rings. The van der Waals surface area contributed by atoms with Crippen LogP contribution in [0.1, 0.15) is 37.7 Å². The van der Waals surface area contributed by atoms with E-state index in [1.54, 1.807) is 23.1 Å². The standard InChI is InChI=1S/C17H21FN2O2/c18-14-7-3-2-6-13(14)17(8-9-17)16(22)19-12-15(21)20-10-4-1-5-11-20/h2-3,6-7H,1,4-5,8-12H2,(H,19,22). The van der Waals surface area contributed by atoms with Crippen LogP contribution in [-0.2, 0) is 15.0 Å². The third-order valence-electron chi connectivity index (χ3n) is 4.68. The Balaban J connectivity index is 1.60. The van der Waals surface area contributed by atoms with Gasteiger partial charge in [-0.3, -0.25) is 9.59 Å². The van der Waals surface area contributed by atoms with E-state index in [2.05, 4.69) is 5.32 Å². The van der Waals surface area contributed by atoms with Crippen molar-refractivity contribution in [3.63, 3.8) is 0 Å². The molecule has 3 rings (SSSR count). The zero-order valence-electron chi connectivity index (χ0n) is 12.6. The van der Waals surface area contributed by atoms with Crippen molar-refractivity contribution < 1.29 is 14.0 Å². The molecular weight excluding hydrogens is 283 g/mol. The molecule has 5 heteroatoms. The van der Waals surface area contributed by atoms with Gasteiger partial charge in [0.25, 0.3) is 0 Å². The summed E-state index contributed by atoms with van der Waals surface area (Å²) in [5.74, 6) is -0.627. The van der Waals surface area contributed by atoms with Crippen LogP contribution in [0.15, 0.2) is 24.3 Å². The number of nitrogens with zero attached hydrogens (tertiary/aromatic N) is 1. The summed E-state index contributed by atoms with van der Waals surface area (Å²) < 4.78 is 13.9. The Morgan fingerprint density at radius 3 is 2.45 bits per heavy atom. The van der Waals surface area contributed by atoms with E-state index in [4.69, 9.17) is 0 Å². The summed E-state index contributed by atoms with van der Waals surface area (Å²) in [6.45, 7) is 1.55. The molecule has 0 unspecified atom stereocenters. The number of hydrogen-bond donors (Lipinski definition) is 1. The molecule has 22 heavy (non-hydrogen) atoms. The molecule has 0 atom stereocenters. The van der Waals surface area contributed by atoms with Crippen molar-refractivity contribution >= 4 is 11.8 Å². The maximum Gasteiger partial charge on any atom is 0.241 e. The Bertz CT molecular complexity index is 578. The number of piperidine rings is 1. The Hall–Kier alpha value is -1.91. The maximum atomic E-state index is 13.9. The fourth-order valence-corrected chi connectivity index (χ4v) is 3.17. The molecule has 4 nitrogen and oxygen atoms in total. The highest BCUT2D eigenvalue weighted by Gasteiger charge is 2.52. The molecule has 1 saturated carbocycles. The number of nitrogens with one attached hydrogen (secondary N) is 1. The predicted molar refractivity (Wildman–Crippen MR) is 80.8 cm³/mol. The van der Waals surface area contributed by atoms with Crippen molar-refractivity contribution in [2.24, 2.45) is 0 Å². The fraction of sp³-hybridized carbons (Fsp3) is 0.529. The highest BCUT2D eigenvalue weighted by atomic mass is 19.1. The Labute approximate surface area is 129 Å². The van der Waals surface area contributed by atoms with Gasteiger partial charge in [-0.2, -0.15) is 0 Å². The largest absolute Gasteiger partial charge is 0.346 e. The number of rotatable bonds is 4. The Morgan fingerprint density at radius 1 is 1.14 bits per heavy atom. The third kappa shape index (κ3) is 2.85. The zero-order valence-corrected chi connectivity index (χ0v) is 12.6. The molecule has 2 amide bonds. The number of carbonyl (C=O) groups is 2. The van der Waals surface area contributed by atoms with Gasteiger partial charge in [0, 0.05) is 18.7 Å². The second-order valence-corrected chi connectivity index (χ2v) is 6.19. The molecule has 2 fully saturated rings. The number of halogens is 1. The van der Waals surface area contributed by atoms with Crippen LogP contribution in [0, 0.1) is 5.82 Å². The van der Waals surface area contributed by atoms with Gasteiger partial charge in [0.2, 0.25) is 11.8 Å². The fourth-order valence-electron chi connectivity index (χ4n) is 3.17. The van der Waals surface area contributed by atoms with Gasteiger partial charge in [-0.15, -0.1) is 0 Å². The highest BCUT2D eigenvalue weighted by molar-refractivity contribution is 5.94. The predicted octanol–water partition coefficient (Wildman–Crippen LogP) is 1.99. The zero-order chi connectivity index (χ0) is 15.6. The highest BCUT2D eigenvalue weighted by Crippen LogP contribution is 2.49. The first-order chi connectivity index (χ1) is 10.6. The van der Waals surface area contributed by atoms with E-state index in [0.717, 1.165) is 32.4 Å². The van der Waals surface area contributed by atoms with Gasteiger partial charge >= 0.3 is 0 Å². The second kappa shape index (κ2) is 6.07. The van der Waals surface area contributed by atoms with Gasteiger partial charge in [0.05, 0.1) is 12.0 Å². The molecule has 118 valence electrons. The van der Waals surface area contributed by atoms with E-state index < -0.39 is 5.41 Å². The molecule has 1 aromatic rings. The van der Waals surface area contributed by atoms with Crippen LogP contribution in [0.5, 0.6) is 0 Å². The maximum absolute atomic E-state index is 13.9. The SMILES string of the molecule is O=C(CNC(=O)C1(c2ccccc2F)CC1)N1CCCCC1. The molecule has 0 aromatic heterocycles. The molecule has 1 saturated heterocycles. The topological polar surface area (TPSA) is 49.4 Å². The van der Waals surface area contributed by atoms with Crippen molar-refractivity contribution in [2.75, 3.05) is 19.6 Å². The summed E-state index contributed by atoms with van der Waals surface area (Å²) in [5.41, 5.74) is -0.328. The van der Waals surface area contributed by atoms with E-state index >= 15 is 0 Å². The summed E-state index contributed by atoms with van der Waals surface area (Å²) in [7, 11) is 0. The summed E-state index contributed by atoms with van der Waals surface area (Å²) >= 11 is 0. The van der Waals surface area contributed by atoms with E-state index in [1.165, 1.54) is 6.07 Å². The molecule has 1 aliphatic heterocycles. The lowest BCUT2D eigenvalue weighted by atomic mass is 9.94. The first-order valence-corrected chi connectivity index (χ1v) is 7.94. The number of carbonyl (C=O) groups excluding carboxylic acids is 2. The van der Waals surface area contributed by atoms with Crippen LogP contribution in [0.4, 0.5) is 4.39 Å². The quantitative estimate of drug-likeness (QED) is 0.925. The van der Waals surface area contributed by atoms with Gasteiger partial charge in [-0.25, -0.2) is 4.39 Å². The first kappa shape index (κ1) is 15.0. The summed E-state index contributed by atoms with van der Waals surface area (Å²) in [6, 6.07) is 6.40. The lowest BCUT2D eigenvalue weighted by molar-refractivity contribution is -0.134. The molecule has 0 radical (unpaired) electrons. The number of hydrogen-bond acceptors (Lipinski definition) is 2. The van der Waals surface area contributed by atoms with Crippen LogP contribution in [0.25, 0.3) is 0 Å². The van der Waals surface area contributed by atoms with Crippen LogP contribution in [0.2, 0.25) is 0 Å². The minimum Gasteiger partial charge on any atom is -0.346 e. The monoisotopic (exact) mass is 304 g/mol. The minimum absolute atomic E-state index is 0.00896. The van der Waals surface area contributed by atoms with Crippen LogP contribution >= 0.6 is 0 Å². The normalized spacial score (nSPS) is 19.6. The van der Waals surface area contributed by atoms with Crippen molar-refractivity contribution in [1.29, 1.82) is 0 Å². The van der Waals surface area contributed by atoms with Gasteiger partial charge in [-0.1, -0.05) is 18.2 Å². The molecule has 0 spiro atoms. The summed E-state index contributed by atoms with van der Waals surface area (Å²) in [6.07, 6.45) is 4.49. The molecular formula is C17H21FN2O2. The van der Waals surface area contributed by atoms with Crippen molar-refractivity contribution in [1.82, 2.24) is 10.2 Å². The average Bonchev–Trinajstić information content (AvgIpc) is 3.35. The third-order valence-corrected chi connectivity index (χ3v) is 4.68. The number of benzene rings is 1. The van der Waals surface area contributed by atoms with Gasteiger partial charge < -0.3 is 10.2 Å². The van der Waals surface area contributed by atoms with Crippen molar-refractivity contribution in [3.05, 3.63) is 35.6 Å². The smallest absolute Gasteiger partial charge is 0.241 e. The second-order valence-electron chi connectivity index (χ2n) is 6.19. The van der Waals surface area contributed by atoms with Crippen molar-refractivity contribution in [3.8, 4) is 0 Å². The molecule has 1 N–H and O–H groups in total. The number of amides is 2. The van der Waals surface area contributed by atoms with E-state index in [9.17, 15) is 14.0 Å². The lowest BCUT2D eigenvalue weighted by Crippen LogP contribution is -2.45. The molecule has 1 aromatic carbocycles. The van der Waals surface area contributed by atoms with E-state index in [-0.39, 0.29) is 24.2 Å². The van der Waals surface area contributed by atoms with E-state index in [1.807, 2.05) is 0 Å². The summed E-state index contributed by atoms with van der Waals surface area (Å²) in [4.78, 5) is 26.3. The minimum atomic E-state index is -0.770. The van der Waals surface area contributed by atoms with Crippen LogP contribution in [0.3, 0.4) is 0 Å². The lowest BCUT2D eigenvalue weighted by Gasteiger charge is -2.27. The average molecular weight is 304 g/mol. The Kier molecular flexibility index (Phi) is 4.14. The van der Waals surface area contributed by atoms with E-state index in [0.29, 0.717) is 18.4 Å². The molecule has 1 aliphatic carbocycles.